The zero-order valence-electron chi connectivity index (χ0n) is 16.2. The number of oxime groups is 1. The van der Waals surface area contributed by atoms with E-state index in [2.05, 4.69) is 5.16 Å². The molecule has 8 nitrogen and oxygen atoms in total. The molecule has 0 radical (unpaired) electrons. The largest absolute Gasteiger partial charge is 0.454 e. The van der Waals surface area contributed by atoms with Gasteiger partial charge >= 0.3 is 0 Å². The summed E-state index contributed by atoms with van der Waals surface area (Å²) in [5.41, 5.74) is 0.287. The normalized spacial score (nSPS) is 17.7. The summed E-state index contributed by atoms with van der Waals surface area (Å²) in [7, 11) is -3.29. The van der Waals surface area contributed by atoms with Crippen LogP contribution in [0.2, 0.25) is 0 Å². The molecule has 2 aromatic carbocycles. The molecule has 0 saturated carbocycles. The van der Waals surface area contributed by atoms with Crippen molar-refractivity contribution in [2.45, 2.75) is 30.9 Å². The van der Waals surface area contributed by atoms with E-state index in [4.69, 9.17) is 14.3 Å². The minimum atomic E-state index is -3.29. The lowest BCUT2D eigenvalue weighted by Crippen LogP contribution is -2.52. The Kier molecular flexibility index (Phi) is 4.49. The molecule has 0 aliphatic carbocycles. The highest BCUT2D eigenvalue weighted by Crippen LogP contribution is 2.34. The van der Waals surface area contributed by atoms with Crippen LogP contribution in [0, 0.1) is 0 Å². The number of hydrogen-bond acceptors (Lipinski definition) is 7. The molecule has 0 saturated heterocycles. The van der Waals surface area contributed by atoms with E-state index in [0.29, 0.717) is 22.9 Å². The van der Waals surface area contributed by atoms with E-state index in [0.717, 1.165) is 11.8 Å². The van der Waals surface area contributed by atoms with Crippen LogP contribution in [0.25, 0.3) is 0 Å². The van der Waals surface area contributed by atoms with Gasteiger partial charge in [0.25, 0.3) is 5.91 Å². The van der Waals surface area contributed by atoms with Crippen LogP contribution in [0.3, 0.4) is 0 Å². The predicted octanol–water partition coefficient (Wildman–Crippen LogP) is 2.32. The van der Waals surface area contributed by atoms with E-state index in [1.807, 2.05) is 0 Å². The van der Waals surface area contributed by atoms with E-state index < -0.39 is 15.4 Å². The van der Waals surface area contributed by atoms with E-state index in [1.54, 1.807) is 44.2 Å². The molecule has 0 bridgehead atoms. The second kappa shape index (κ2) is 6.77. The van der Waals surface area contributed by atoms with Gasteiger partial charge in [-0.05, 0) is 49.7 Å². The summed E-state index contributed by atoms with van der Waals surface area (Å²) < 4.78 is 34.1. The Hall–Kier alpha value is -3.07. The number of sulfone groups is 1. The first-order valence-corrected chi connectivity index (χ1v) is 10.8. The van der Waals surface area contributed by atoms with Gasteiger partial charge in [-0.15, -0.1) is 0 Å². The molecule has 0 aromatic heterocycles. The van der Waals surface area contributed by atoms with Gasteiger partial charge in [0.05, 0.1) is 11.4 Å². The van der Waals surface area contributed by atoms with Crippen molar-refractivity contribution >= 4 is 21.6 Å². The number of hydrogen-bond donors (Lipinski definition) is 0. The number of amides is 1. The van der Waals surface area contributed by atoms with Crippen LogP contribution >= 0.6 is 0 Å². The second-order valence-electron chi connectivity index (χ2n) is 7.39. The molecule has 0 N–H and O–H groups in total. The first-order valence-electron chi connectivity index (χ1n) is 8.92. The maximum absolute atomic E-state index is 13.1. The number of ether oxygens (including phenoxy) is 2. The first kappa shape index (κ1) is 19.3. The molecule has 0 atom stereocenters. The molecule has 2 aromatic rings. The number of nitrogens with zero attached hydrogens (tertiary/aromatic N) is 2. The maximum Gasteiger partial charge on any atom is 0.275 e. The fourth-order valence-electron chi connectivity index (χ4n) is 3.08. The minimum Gasteiger partial charge on any atom is -0.454 e. The van der Waals surface area contributed by atoms with Crippen molar-refractivity contribution in [1.82, 2.24) is 4.90 Å². The lowest BCUT2D eigenvalue weighted by molar-refractivity contribution is -0.154. The minimum absolute atomic E-state index is 0.143. The van der Waals surface area contributed by atoms with Crippen molar-refractivity contribution < 1.29 is 27.5 Å². The quantitative estimate of drug-likeness (QED) is 0.759. The summed E-state index contributed by atoms with van der Waals surface area (Å²) in [5, 5.41) is 4.19. The van der Waals surface area contributed by atoms with Crippen LogP contribution < -0.4 is 9.47 Å². The van der Waals surface area contributed by atoms with E-state index in [1.165, 1.54) is 17.0 Å². The van der Waals surface area contributed by atoms with Crippen LogP contribution in [0.4, 0.5) is 0 Å². The SMILES string of the molecule is CC1(C)ON=C(c2ccc3c(c2)OCO3)N(Cc2ccc(S(C)(=O)=O)cc2)C1=O. The van der Waals surface area contributed by atoms with E-state index in [9.17, 15) is 13.2 Å². The molecule has 2 aliphatic rings. The van der Waals surface area contributed by atoms with Crippen LogP contribution in [0.15, 0.2) is 52.5 Å². The number of carbonyl (C=O) groups excluding carboxylic acids is 1. The van der Waals surface area contributed by atoms with Gasteiger partial charge in [-0.3, -0.25) is 9.69 Å². The zero-order chi connectivity index (χ0) is 20.8. The number of benzene rings is 2. The molecule has 0 unspecified atom stereocenters. The van der Waals surface area contributed by atoms with Crippen LogP contribution in [-0.4, -0.2) is 43.7 Å². The average Bonchev–Trinajstić information content (AvgIpc) is 3.13. The fourth-order valence-corrected chi connectivity index (χ4v) is 3.71. The average molecular weight is 416 g/mol. The highest BCUT2D eigenvalue weighted by molar-refractivity contribution is 7.90. The van der Waals surface area contributed by atoms with Crippen molar-refractivity contribution in [1.29, 1.82) is 0 Å². The molecule has 152 valence electrons. The Labute approximate surface area is 168 Å². The van der Waals surface area contributed by atoms with Crippen LogP contribution in [0.5, 0.6) is 11.5 Å². The Morgan fingerprint density at radius 3 is 2.45 bits per heavy atom. The molecule has 0 fully saturated rings. The van der Waals surface area contributed by atoms with Gasteiger partial charge in [0.2, 0.25) is 12.4 Å². The highest BCUT2D eigenvalue weighted by atomic mass is 32.2. The topological polar surface area (TPSA) is 94.5 Å². The molecule has 4 rings (SSSR count). The van der Waals surface area contributed by atoms with Gasteiger partial charge < -0.3 is 14.3 Å². The lowest BCUT2D eigenvalue weighted by atomic mass is 10.0. The van der Waals surface area contributed by atoms with Crippen LogP contribution in [0.1, 0.15) is 25.0 Å². The first-order chi connectivity index (χ1) is 13.6. The smallest absolute Gasteiger partial charge is 0.275 e. The van der Waals surface area contributed by atoms with Gasteiger partial charge in [0.15, 0.2) is 27.2 Å². The maximum atomic E-state index is 13.1. The Bertz CT molecular complexity index is 1110. The highest BCUT2D eigenvalue weighted by Gasteiger charge is 2.41. The third-order valence-electron chi connectivity index (χ3n) is 4.70. The van der Waals surface area contributed by atoms with Crippen molar-refractivity contribution in [3.63, 3.8) is 0 Å². The third-order valence-corrected chi connectivity index (χ3v) is 5.83. The van der Waals surface area contributed by atoms with Gasteiger partial charge in [0.1, 0.15) is 0 Å². The van der Waals surface area contributed by atoms with Crippen molar-refractivity contribution in [3.8, 4) is 11.5 Å². The van der Waals surface area contributed by atoms with Crippen molar-refractivity contribution in [2.75, 3.05) is 13.0 Å². The van der Waals surface area contributed by atoms with Gasteiger partial charge in [0, 0.05) is 11.8 Å². The summed E-state index contributed by atoms with van der Waals surface area (Å²) in [6, 6.07) is 11.7. The summed E-state index contributed by atoms with van der Waals surface area (Å²) >= 11 is 0. The zero-order valence-corrected chi connectivity index (χ0v) is 17.0. The molecule has 1 amide bonds. The molecule has 9 heteroatoms. The summed E-state index contributed by atoms with van der Waals surface area (Å²) in [6.45, 7) is 3.65. The van der Waals surface area contributed by atoms with E-state index in [-0.39, 0.29) is 24.1 Å². The van der Waals surface area contributed by atoms with Gasteiger partial charge in [-0.2, -0.15) is 0 Å². The number of amidine groups is 1. The molecule has 2 heterocycles. The molecule has 2 aliphatic heterocycles. The Morgan fingerprint density at radius 1 is 1.07 bits per heavy atom. The van der Waals surface area contributed by atoms with Crippen molar-refractivity contribution in [2.24, 2.45) is 5.16 Å². The fraction of sp³-hybridized carbons (Fsp3) is 0.300. The second-order valence-corrected chi connectivity index (χ2v) is 9.41. The molecular formula is C20H20N2O6S. The number of fused-ring (bicyclic) bond motifs is 1. The lowest BCUT2D eigenvalue weighted by Gasteiger charge is -2.35. The summed E-state index contributed by atoms with van der Waals surface area (Å²) in [5.74, 6) is 1.28. The van der Waals surface area contributed by atoms with Crippen LogP contribution in [-0.2, 0) is 26.0 Å². The Morgan fingerprint density at radius 2 is 1.76 bits per heavy atom. The van der Waals surface area contributed by atoms with E-state index >= 15 is 0 Å². The summed E-state index contributed by atoms with van der Waals surface area (Å²) in [4.78, 5) is 20.3. The number of rotatable bonds is 4. The standard InChI is InChI=1S/C20H20N2O6S/c1-20(2)19(23)22(11-13-4-7-15(8-5-13)29(3,24)25)18(21-28-20)14-6-9-16-17(10-14)27-12-26-16/h4-10H,11-12H2,1-3H3. The van der Waals surface area contributed by atoms with Gasteiger partial charge in [-0.25, -0.2) is 8.42 Å². The molecule has 0 spiro atoms. The molecule has 29 heavy (non-hydrogen) atoms. The third kappa shape index (κ3) is 3.65. The molecular weight excluding hydrogens is 396 g/mol. The predicted molar refractivity (Wildman–Crippen MR) is 104 cm³/mol. The Balaban J connectivity index is 1.69. The number of carbonyl (C=O) groups is 1. The monoisotopic (exact) mass is 416 g/mol. The van der Waals surface area contributed by atoms with Crippen molar-refractivity contribution in [3.05, 3.63) is 53.6 Å². The van der Waals surface area contributed by atoms with Gasteiger partial charge in [-0.1, -0.05) is 17.3 Å². The summed E-state index contributed by atoms with van der Waals surface area (Å²) in [6.07, 6.45) is 1.15.